The van der Waals surface area contributed by atoms with E-state index in [4.69, 9.17) is 4.74 Å². The van der Waals surface area contributed by atoms with Gasteiger partial charge in [-0.2, -0.15) is 0 Å². The third kappa shape index (κ3) is 5.20. The van der Waals surface area contributed by atoms with Crippen molar-refractivity contribution < 1.29 is 37.0 Å². The number of hydrogen-bond donors (Lipinski definition) is 2. The summed E-state index contributed by atoms with van der Waals surface area (Å²) in [6.45, 7) is 0.236. The van der Waals surface area contributed by atoms with Crippen LogP contribution in [-0.4, -0.2) is 64.4 Å². The van der Waals surface area contributed by atoms with E-state index in [1.807, 2.05) is 0 Å². The topological polar surface area (TPSA) is 104 Å². The van der Waals surface area contributed by atoms with Crippen molar-refractivity contribution in [1.82, 2.24) is 15.2 Å². The molecule has 8 nitrogen and oxygen atoms in total. The number of aliphatic carboxylic acids is 1. The first-order chi connectivity index (χ1) is 16.6. The van der Waals surface area contributed by atoms with Crippen LogP contribution < -0.4 is 5.32 Å². The molecule has 0 amide bonds. The van der Waals surface area contributed by atoms with E-state index in [0.717, 1.165) is 17.0 Å². The quantitative estimate of drug-likeness (QED) is 0.434. The van der Waals surface area contributed by atoms with E-state index in [1.165, 1.54) is 17.5 Å². The van der Waals surface area contributed by atoms with Gasteiger partial charge in [-0.25, -0.2) is 27.3 Å². The van der Waals surface area contributed by atoms with Crippen LogP contribution in [0.5, 0.6) is 0 Å². The molecule has 2 atom stereocenters. The molecule has 1 aromatic heterocycles. The minimum Gasteiger partial charge on any atom is -0.480 e. The number of nitrogens with zero attached hydrogens (tertiary/aromatic N) is 3. The number of carboxylic acids is 1. The summed E-state index contributed by atoms with van der Waals surface area (Å²) in [7, 11) is 0. The molecular weight excluding hydrogens is 492 g/mol. The molecule has 2 aliphatic heterocycles. The number of halogens is 4. The molecule has 0 saturated carbocycles. The van der Waals surface area contributed by atoms with Gasteiger partial charge in [0.15, 0.2) is 10.8 Å². The summed E-state index contributed by atoms with van der Waals surface area (Å²) in [5, 5.41) is 14.4. The number of likely N-dealkylation sites (tertiary alicyclic amines) is 1. The van der Waals surface area contributed by atoms with Crippen LogP contribution in [0.25, 0.3) is 0 Å². The Bertz CT molecular complexity index is 1200. The fourth-order valence-electron chi connectivity index (χ4n) is 4.06. The van der Waals surface area contributed by atoms with Crippen molar-refractivity contribution in [2.75, 3.05) is 19.7 Å². The summed E-state index contributed by atoms with van der Waals surface area (Å²) in [6, 6.07) is -0.0602. The van der Waals surface area contributed by atoms with Crippen molar-refractivity contribution in [3.63, 3.8) is 0 Å². The number of ether oxygens (including phenoxy) is 1. The second kappa shape index (κ2) is 9.74. The van der Waals surface area contributed by atoms with E-state index >= 15 is 0 Å². The van der Waals surface area contributed by atoms with Gasteiger partial charge in [-0.3, -0.25) is 14.7 Å². The zero-order chi connectivity index (χ0) is 25.3. The molecule has 0 spiro atoms. The molecule has 1 saturated heterocycles. The first-order valence-electron chi connectivity index (χ1n) is 10.5. The van der Waals surface area contributed by atoms with Crippen LogP contribution >= 0.6 is 11.3 Å². The van der Waals surface area contributed by atoms with E-state index in [9.17, 15) is 32.3 Å². The monoisotopic (exact) mass is 512 g/mol. The summed E-state index contributed by atoms with van der Waals surface area (Å²) in [5.41, 5.74) is -0.331. The minimum absolute atomic E-state index is 0.0151. The molecular formula is C22H20F4N4O4S. The number of carbonyl (C=O) groups excluding carboxylic acids is 1. The van der Waals surface area contributed by atoms with Gasteiger partial charge in [0.2, 0.25) is 0 Å². The molecule has 0 radical (unpaired) electrons. The van der Waals surface area contributed by atoms with Gasteiger partial charge in [-0.1, -0.05) is 6.07 Å². The molecule has 2 aromatic rings. The molecule has 1 fully saturated rings. The highest BCUT2D eigenvalue weighted by molar-refractivity contribution is 7.11. The van der Waals surface area contributed by atoms with Crippen LogP contribution in [0.15, 0.2) is 46.0 Å². The molecule has 0 bridgehead atoms. The van der Waals surface area contributed by atoms with Crippen molar-refractivity contribution in [3.05, 3.63) is 63.3 Å². The summed E-state index contributed by atoms with van der Waals surface area (Å²) >= 11 is 1.18. The van der Waals surface area contributed by atoms with Crippen LogP contribution in [-0.2, 0) is 14.3 Å². The maximum Gasteiger partial charge on any atom is 0.338 e. The number of thiazole rings is 1. The number of carbonyl (C=O) groups is 2. The van der Waals surface area contributed by atoms with Crippen molar-refractivity contribution in [1.29, 1.82) is 0 Å². The van der Waals surface area contributed by atoms with Gasteiger partial charge < -0.3 is 15.2 Å². The highest BCUT2D eigenvalue weighted by atomic mass is 32.1. The molecule has 2 unspecified atom stereocenters. The number of carboxylic acid groups (broad SMARTS) is 1. The molecule has 3 heterocycles. The number of aliphatic imine (C=N–C) groups is 1. The van der Waals surface area contributed by atoms with Gasteiger partial charge in [-0.15, -0.1) is 11.3 Å². The fourth-order valence-corrected chi connectivity index (χ4v) is 4.65. The highest BCUT2D eigenvalue weighted by Crippen LogP contribution is 2.37. The Kier molecular flexibility index (Phi) is 6.90. The van der Waals surface area contributed by atoms with E-state index in [1.54, 1.807) is 12.3 Å². The van der Waals surface area contributed by atoms with Gasteiger partial charge in [0.05, 0.1) is 18.7 Å². The molecule has 0 aliphatic carbocycles. The van der Waals surface area contributed by atoms with Crippen molar-refractivity contribution in [2.24, 2.45) is 4.99 Å². The number of aromatic nitrogens is 1. The standard InChI is InChI=1S/C22H20F4N4O4S/c1-2-34-21(33)16-14(9-30-10-22(25,26)8-15(30)20(31)32)28-18(19-27-5-6-35-19)29-17(16)12-4-3-11(23)7-13(12)24/h3-7,15,17H,2,8-10H2,1H3,(H,28,29)(H,31,32). The summed E-state index contributed by atoms with van der Waals surface area (Å²) in [6.07, 6.45) is 0.594. The first kappa shape index (κ1) is 24.8. The van der Waals surface area contributed by atoms with Gasteiger partial charge >= 0.3 is 11.9 Å². The molecule has 1 aromatic carbocycles. The molecule has 13 heteroatoms. The lowest BCUT2D eigenvalue weighted by Gasteiger charge is -2.30. The van der Waals surface area contributed by atoms with Crippen LogP contribution in [0, 0.1) is 11.6 Å². The minimum atomic E-state index is -3.25. The molecule has 2 N–H and O–H groups in total. The number of esters is 1. The smallest absolute Gasteiger partial charge is 0.338 e. The Hall–Kier alpha value is -3.32. The third-order valence-electron chi connectivity index (χ3n) is 5.53. The number of benzene rings is 1. The maximum absolute atomic E-state index is 14.8. The normalized spacial score (nSPS) is 22.0. The molecule has 35 heavy (non-hydrogen) atoms. The lowest BCUT2D eigenvalue weighted by molar-refractivity contribution is -0.142. The second-order valence-electron chi connectivity index (χ2n) is 7.94. The molecule has 186 valence electrons. The van der Waals surface area contributed by atoms with Gasteiger partial charge in [0, 0.05) is 41.9 Å². The zero-order valence-corrected chi connectivity index (χ0v) is 19.1. The van der Waals surface area contributed by atoms with E-state index < -0.39 is 61.1 Å². The summed E-state index contributed by atoms with van der Waals surface area (Å²) in [5.74, 6) is -7.28. The largest absolute Gasteiger partial charge is 0.480 e. The van der Waals surface area contributed by atoms with E-state index in [-0.39, 0.29) is 29.3 Å². The van der Waals surface area contributed by atoms with E-state index in [2.05, 4.69) is 15.3 Å². The van der Waals surface area contributed by atoms with Crippen LogP contribution in [0.2, 0.25) is 0 Å². The SMILES string of the molecule is CCOC(=O)C1=C(CN2CC(F)(F)CC2C(=O)O)NC(c2nccs2)=NC1c1ccc(F)cc1F. The van der Waals surface area contributed by atoms with Crippen LogP contribution in [0.1, 0.15) is 30.0 Å². The number of alkyl halides is 2. The third-order valence-corrected chi connectivity index (χ3v) is 6.31. The number of hydrogen-bond acceptors (Lipinski definition) is 8. The number of nitrogens with one attached hydrogen (secondary N) is 1. The number of amidine groups is 1. The van der Waals surface area contributed by atoms with Crippen LogP contribution in [0.4, 0.5) is 17.6 Å². The molecule has 2 aliphatic rings. The Morgan fingerprint density at radius 1 is 1.34 bits per heavy atom. The Morgan fingerprint density at radius 3 is 2.74 bits per heavy atom. The van der Waals surface area contributed by atoms with Crippen molar-refractivity contribution >= 4 is 29.1 Å². The van der Waals surface area contributed by atoms with Crippen molar-refractivity contribution in [3.8, 4) is 0 Å². The van der Waals surface area contributed by atoms with Crippen LogP contribution in [0.3, 0.4) is 0 Å². The Balaban J connectivity index is 1.84. The Labute approximate surface area is 200 Å². The predicted octanol–water partition coefficient (Wildman–Crippen LogP) is 3.12. The Morgan fingerprint density at radius 2 is 2.11 bits per heavy atom. The van der Waals surface area contributed by atoms with Crippen molar-refractivity contribution in [2.45, 2.75) is 31.4 Å². The lowest BCUT2D eigenvalue weighted by atomic mass is 9.94. The molecule has 4 rings (SSSR count). The lowest BCUT2D eigenvalue weighted by Crippen LogP contribution is -2.43. The average Bonchev–Trinajstić information content (AvgIpc) is 3.41. The fraction of sp³-hybridized carbons (Fsp3) is 0.364. The average molecular weight is 512 g/mol. The summed E-state index contributed by atoms with van der Waals surface area (Å²) in [4.78, 5) is 34.2. The zero-order valence-electron chi connectivity index (χ0n) is 18.3. The predicted molar refractivity (Wildman–Crippen MR) is 117 cm³/mol. The maximum atomic E-state index is 14.8. The van der Waals surface area contributed by atoms with Gasteiger partial charge in [-0.05, 0) is 13.0 Å². The number of rotatable bonds is 7. The van der Waals surface area contributed by atoms with E-state index in [0.29, 0.717) is 11.1 Å². The summed E-state index contributed by atoms with van der Waals surface area (Å²) < 4.78 is 61.8. The highest BCUT2D eigenvalue weighted by Gasteiger charge is 2.49. The first-order valence-corrected chi connectivity index (χ1v) is 11.4. The van der Waals surface area contributed by atoms with Gasteiger partial charge in [0.25, 0.3) is 5.92 Å². The second-order valence-corrected chi connectivity index (χ2v) is 8.83. The van der Waals surface area contributed by atoms with Gasteiger partial charge in [0.1, 0.15) is 23.7 Å².